The normalized spacial score (nSPS) is 18.4. The molecule has 3 atom stereocenters. The lowest BCUT2D eigenvalue weighted by Crippen LogP contribution is -2.43. The predicted octanol–water partition coefficient (Wildman–Crippen LogP) is 6.48. The molecular weight excluding hydrogens is 554 g/mol. The van der Waals surface area contributed by atoms with Crippen LogP contribution in [0.5, 0.6) is 17.2 Å². The van der Waals surface area contributed by atoms with Crippen molar-refractivity contribution in [1.82, 2.24) is 5.32 Å². The fraction of sp³-hybridized carbons (Fsp3) is 0.351. The maximum atomic E-state index is 10.2. The first kappa shape index (κ1) is 31.4. The summed E-state index contributed by atoms with van der Waals surface area (Å²) in [5.74, 6) is 2.97. The van der Waals surface area contributed by atoms with Crippen LogP contribution in [0.4, 0.5) is 0 Å². The largest absolute Gasteiger partial charge is 0.497 e. The number of benzene rings is 4. The number of aliphatic hydroxyl groups excluding tert-OH is 1. The molecule has 2 N–H and O–H groups in total. The van der Waals surface area contributed by atoms with Gasteiger partial charge in [-0.3, -0.25) is 0 Å². The van der Waals surface area contributed by atoms with E-state index in [4.69, 9.17) is 23.7 Å². The molecule has 44 heavy (non-hydrogen) atoms. The van der Waals surface area contributed by atoms with E-state index in [1.54, 1.807) is 20.5 Å². The Balaban J connectivity index is 1.12. The second-order valence-corrected chi connectivity index (χ2v) is 11.1. The molecule has 0 radical (unpaired) electrons. The summed E-state index contributed by atoms with van der Waals surface area (Å²) in [5.41, 5.74) is 3.28. The van der Waals surface area contributed by atoms with Gasteiger partial charge >= 0.3 is 0 Å². The number of ether oxygens (including phenoxy) is 5. The fourth-order valence-corrected chi connectivity index (χ4v) is 5.95. The zero-order chi connectivity index (χ0) is 30.6. The second-order valence-electron chi connectivity index (χ2n) is 11.1. The fourth-order valence-electron chi connectivity index (χ4n) is 5.95. The Morgan fingerprint density at radius 1 is 0.841 bits per heavy atom. The highest BCUT2D eigenvalue weighted by molar-refractivity contribution is 5.89. The summed E-state index contributed by atoms with van der Waals surface area (Å²) in [6.07, 6.45) is 4.71. The topological polar surface area (TPSA) is 78.4 Å². The van der Waals surface area contributed by atoms with Crippen LogP contribution in [-0.4, -0.2) is 52.2 Å². The van der Waals surface area contributed by atoms with Crippen LogP contribution < -0.4 is 19.5 Å². The van der Waals surface area contributed by atoms with Gasteiger partial charge < -0.3 is 34.1 Å². The van der Waals surface area contributed by atoms with Gasteiger partial charge in [-0.2, -0.15) is 0 Å². The van der Waals surface area contributed by atoms with Crippen molar-refractivity contribution >= 4 is 10.8 Å². The third-order valence-electron chi connectivity index (χ3n) is 8.18. The van der Waals surface area contributed by atoms with Gasteiger partial charge in [-0.25, -0.2) is 0 Å². The Bertz CT molecular complexity index is 1490. The van der Waals surface area contributed by atoms with Crippen molar-refractivity contribution in [3.8, 4) is 17.2 Å². The van der Waals surface area contributed by atoms with Crippen molar-refractivity contribution in [3.05, 3.63) is 114 Å². The number of hydrogen-bond donors (Lipinski definition) is 2. The molecule has 7 heteroatoms. The molecule has 0 saturated carbocycles. The van der Waals surface area contributed by atoms with Crippen LogP contribution in [0.3, 0.4) is 0 Å². The highest BCUT2D eigenvalue weighted by atomic mass is 16.5. The summed E-state index contributed by atoms with van der Waals surface area (Å²) < 4.78 is 28.8. The van der Waals surface area contributed by atoms with Gasteiger partial charge in [0.1, 0.15) is 23.9 Å². The zero-order valence-electron chi connectivity index (χ0n) is 25.6. The van der Waals surface area contributed by atoms with E-state index in [-0.39, 0.29) is 24.4 Å². The summed E-state index contributed by atoms with van der Waals surface area (Å²) >= 11 is 0. The molecule has 0 bridgehead atoms. The molecular formula is C37H43NO6. The van der Waals surface area contributed by atoms with E-state index in [1.165, 1.54) is 5.56 Å². The average molecular weight is 598 g/mol. The summed E-state index contributed by atoms with van der Waals surface area (Å²) in [7, 11) is 3.37. The number of rotatable bonds is 15. The van der Waals surface area contributed by atoms with Crippen molar-refractivity contribution in [3.63, 3.8) is 0 Å². The van der Waals surface area contributed by atoms with Crippen molar-refractivity contribution < 1.29 is 28.8 Å². The van der Waals surface area contributed by atoms with Crippen molar-refractivity contribution in [2.75, 3.05) is 47.1 Å². The van der Waals surface area contributed by atoms with Gasteiger partial charge in [-0.05, 0) is 64.8 Å². The minimum absolute atomic E-state index is 0.107. The molecule has 0 amide bonds. The standard InChI is InChI=1S/C37H43NO6/c1-40-35-11-6-4-9-31(35)26-42-17-7-18-44-33-14-12-28(13-15-33)37-30(22-38-23-32(37)24-39)16-19-43-25-27-20-29-8-3-5-10-34(29)36(21-27)41-2/h3-6,8-16,19-21,30,32,37-39H,7,17-18,22-26H2,1-2H3. The first-order chi connectivity index (χ1) is 21.7. The smallest absolute Gasteiger partial charge is 0.127 e. The molecule has 232 valence electrons. The van der Waals surface area contributed by atoms with Crippen LogP contribution in [0.2, 0.25) is 0 Å². The highest BCUT2D eigenvalue weighted by Crippen LogP contribution is 2.36. The van der Waals surface area contributed by atoms with Gasteiger partial charge in [-0.15, -0.1) is 0 Å². The quantitative estimate of drug-likeness (QED) is 0.120. The number of para-hydroxylation sites is 1. The Morgan fingerprint density at radius 3 is 2.45 bits per heavy atom. The predicted molar refractivity (Wildman–Crippen MR) is 173 cm³/mol. The van der Waals surface area contributed by atoms with Crippen LogP contribution in [0.15, 0.2) is 97.3 Å². The molecule has 0 aliphatic carbocycles. The van der Waals surface area contributed by atoms with E-state index in [1.807, 2.05) is 54.6 Å². The molecule has 4 aromatic carbocycles. The van der Waals surface area contributed by atoms with Gasteiger partial charge in [0.2, 0.25) is 0 Å². The van der Waals surface area contributed by atoms with E-state index in [9.17, 15) is 5.11 Å². The summed E-state index contributed by atoms with van der Waals surface area (Å²) in [5, 5.41) is 15.9. The van der Waals surface area contributed by atoms with Gasteiger partial charge in [-0.1, -0.05) is 54.6 Å². The molecule has 1 aliphatic rings. The summed E-state index contributed by atoms with van der Waals surface area (Å²) in [6.45, 7) is 3.85. The number of methoxy groups -OCH3 is 2. The third-order valence-corrected chi connectivity index (χ3v) is 8.18. The van der Waals surface area contributed by atoms with Crippen molar-refractivity contribution in [2.45, 2.75) is 25.6 Å². The molecule has 1 aliphatic heterocycles. The maximum absolute atomic E-state index is 10.2. The van der Waals surface area contributed by atoms with Crippen molar-refractivity contribution in [2.24, 2.45) is 11.8 Å². The molecule has 5 rings (SSSR count). The monoisotopic (exact) mass is 597 g/mol. The lowest BCUT2D eigenvalue weighted by atomic mass is 9.74. The van der Waals surface area contributed by atoms with E-state index < -0.39 is 0 Å². The van der Waals surface area contributed by atoms with Crippen LogP contribution >= 0.6 is 0 Å². The Kier molecular flexibility index (Phi) is 11.5. The number of nitrogens with one attached hydrogen (secondary N) is 1. The van der Waals surface area contributed by atoms with Crippen LogP contribution in [0.1, 0.15) is 29.0 Å². The molecule has 0 spiro atoms. The summed E-state index contributed by atoms with van der Waals surface area (Å²) in [6, 6.07) is 28.5. The first-order valence-corrected chi connectivity index (χ1v) is 15.3. The number of hydrogen-bond acceptors (Lipinski definition) is 7. The number of aliphatic hydroxyl groups is 1. The van der Waals surface area contributed by atoms with Gasteiger partial charge in [0, 0.05) is 43.0 Å². The minimum atomic E-state index is 0.107. The highest BCUT2D eigenvalue weighted by Gasteiger charge is 2.32. The van der Waals surface area contributed by atoms with Crippen LogP contribution in [0.25, 0.3) is 10.8 Å². The lowest BCUT2D eigenvalue weighted by Gasteiger charge is -2.37. The van der Waals surface area contributed by atoms with Crippen LogP contribution in [-0.2, 0) is 22.7 Å². The third kappa shape index (κ3) is 8.11. The summed E-state index contributed by atoms with van der Waals surface area (Å²) in [4.78, 5) is 0. The molecule has 0 aromatic heterocycles. The van der Waals surface area contributed by atoms with E-state index in [0.717, 1.165) is 58.7 Å². The molecule has 7 nitrogen and oxygen atoms in total. The Hall–Kier alpha value is -4.04. The number of piperidine rings is 1. The number of fused-ring (bicyclic) bond motifs is 1. The Labute approximate surface area is 260 Å². The molecule has 1 saturated heterocycles. The second kappa shape index (κ2) is 16.1. The van der Waals surface area contributed by atoms with Gasteiger partial charge in [0.15, 0.2) is 0 Å². The van der Waals surface area contributed by atoms with E-state index in [2.05, 4.69) is 41.7 Å². The maximum Gasteiger partial charge on any atom is 0.127 e. The van der Waals surface area contributed by atoms with Gasteiger partial charge in [0.05, 0.1) is 40.3 Å². The molecule has 3 unspecified atom stereocenters. The van der Waals surface area contributed by atoms with E-state index in [0.29, 0.717) is 26.4 Å². The average Bonchev–Trinajstić information content (AvgIpc) is 3.08. The molecule has 4 aromatic rings. The zero-order valence-corrected chi connectivity index (χ0v) is 25.6. The minimum Gasteiger partial charge on any atom is -0.497 e. The van der Waals surface area contributed by atoms with Crippen LogP contribution in [0, 0.1) is 11.8 Å². The SMILES string of the molecule is COc1ccccc1COCCCOc1ccc(C2C(C=COCc3cc(OC)c4ccccc4c3)CNCC2CO)cc1. The van der Waals surface area contributed by atoms with Crippen molar-refractivity contribution in [1.29, 1.82) is 0 Å². The molecule has 1 fully saturated rings. The molecule has 1 heterocycles. The Morgan fingerprint density at radius 2 is 1.64 bits per heavy atom. The van der Waals surface area contributed by atoms with E-state index >= 15 is 0 Å². The first-order valence-electron chi connectivity index (χ1n) is 15.3. The lowest BCUT2D eigenvalue weighted by molar-refractivity contribution is 0.105. The van der Waals surface area contributed by atoms with Gasteiger partial charge in [0.25, 0.3) is 0 Å².